The van der Waals surface area contributed by atoms with Gasteiger partial charge < -0.3 is 14.6 Å². The third-order valence-electron chi connectivity index (χ3n) is 12.5. The fourth-order valence-corrected chi connectivity index (χ4v) is 10.4. The molecule has 0 saturated heterocycles. The highest BCUT2D eigenvalue weighted by molar-refractivity contribution is 5.76. The van der Waals surface area contributed by atoms with E-state index in [2.05, 4.69) is 47.6 Å². The Morgan fingerprint density at radius 3 is 2.33 bits per heavy atom. The quantitative estimate of drug-likeness (QED) is 0.132. The van der Waals surface area contributed by atoms with Crippen LogP contribution in [0.1, 0.15) is 138 Å². The smallest absolute Gasteiger partial charge is 0.344 e. The van der Waals surface area contributed by atoms with Crippen molar-refractivity contribution in [3.63, 3.8) is 0 Å². The van der Waals surface area contributed by atoms with E-state index in [1.165, 1.54) is 50.5 Å². The maximum Gasteiger partial charge on any atom is 0.344 e. The molecule has 0 spiro atoms. The van der Waals surface area contributed by atoms with Crippen molar-refractivity contribution in [2.24, 2.45) is 45.8 Å². The number of fused-ring (bicyclic) bond motifs is 5. The molecule has 0 aromatic heterocycles. The van der Waals surface area contributed by atoms with Crippen LogP contribution in [0.3, 0.4) is 0 Å². The topological polar surface area (TPSA) is 89.9 Å². The zero-order valence-electron chi connectivity index (χ0n) is 27.3. The van der Waals surface area contributed by atoms with Gasteiger partial charge in [-0.15, -0.1) is 0 Å². The van der Waals surface area contributed by atoms with Crippen molar-refractivity contribution in [3.05, 3.63) is 11.6 Å². The Balaban J connectivity index is 1.32. The van der Waals surface area contributed by atoms with Crippen molar-refractivity contribution in [3.8, 4) is 0 Å². The lowest BCUT2D eigenvalue weighted by Gasteiger charge is -2.63. The summed E-state index contributed by atoms with van der Waals surface area (Å²) in [5.41, 5.74) is 2.43. The molecule has 1 unspecified atom stereocenters. The summed E-state index contributed by atoms with van der Waals surface area (Å²) in [6, 6.07) is 0. The lowest BCUT2D eigenvalue weighted by atomic mass is 9.41. The Morgan fingerprint density at radius 1 is 0.881 bits per heavy atom. The van der Waals surface area contributed by atoms with Crippen LogP contribution in [0.2, 0.25) is 0 Å². The molecule has 4 rings (SSSR count). The monoisotopic (exact) mass is 586 g/mol. The lowest BCUT2D eigenvalue weighted by Crippen LogP contribution is -2.56. The number of carboxylic acids is 1. The van der Waals surface area contributed by atoms with Crippen molar-refractivity contribution in [2.45, 2.75) is 144 Å². The van der Waals surface area contributed by atoms with Crippen molar-refractivity contribution >= 4 is 17.9 Å². The van der Waals surface area contributed by atoms with Gasteiger partial charge in [0.2, 0.25) is 0 Å². The van der Waals surface area contributed by atoms with Crippen LogP contribution in [0, 0.1) is 45.8 Å². The number of allylic oxidation sites excluding steroid dienone is 1. The van der Waals surface area contributed by atoms with E-state index in [0.717, 1.165) is 49.4 Å². The summed E-state index contributed by atoms with van der Waals surface area (Å²) < 4.78 is 10.9. The number of ether oxygens (including phenoxy) is 2. The number of carboxylic acid groups (broad SMARTS) is 1. The minimum Gasteiger partial charge on any atom is -0.481 e. The van der Waals surface area contributed by atoms with Gasteiger partial charge in [0, 0.05) is 19.3 Å². The summed E-state index contributed by atoms with van der Waals surface area (Å²) in [6.07, 6.45) is 16.7. The molecule has 0 radical (unpaired) electrons. The van der Waals surface area contributed by atoms with Crippen molar-refractivity contribution in [1.29, 1.82) is 0 Å². The summed E-state index contributed by atoms with van der Waals surface area (Å²) in [4.78, 5) is 35.0. The van der Waals surface area contributed by atoms with Crippen LogP contribution >= 0.6 is 0 Å². The van der Waals surface area contributed by atoms with Crippen LogP contribution in [0.15, 0.2) is 11.6 Å². The van der Waals surface area contributed by atoms with Gasteiger partial charge in [-0.25, -0.2) is 4.79 Å². The molecule has 3 fully saturated rings. The number of carbonyl (C=O) groups is 3. The van der Waals surface area contributed by atoms with E-state index in [1.54, 1.807) is 0 Å². The molecule has 0 aliphatic heterocycles. The maximum atomic E-state index is 12.5. The summed E-state index contributed by atoms with van der Waals surface area (Å²) in [6.45, 7) is 14.6. The van der Waals surface area contributed by atoms with Crippen molar-refractivity contribution in [1.82, 2.24) is 0 Å². The molecule has 1 N–H and O–H groups in total. The number of unbranched alkanes of at least 4 members (excludes halogenated alkanes) is 1. The highest BCUT2D eigenvalue weighted by Crippen LogP contribution is 2.72. The van der Waals surface area contributed by atoms with Crippen LogP contribution in [-0.4, -0.2) is 35.7 Å². The van der Waals surface area contributed by atoms with Gasteiger partial charge in [0.05, 0.1) is 0 Å². The van der Waals surface area contributed by atoms with Gasteiger partial charge in [0.1, 0.15) is 6.10 Å². The van der Waals surface area contributed by atoms with Gasteiger partial charge in [-0.2, -0.15) is 0 Å². The Bertz CT molecular complexity index is 1020. The van der Waals surface area contributed by atoms with E-state index in [1.807, 2.05) is 0 Å². The van der Waals surface area contributed by atoms with E-state index in [9.17, 15) is 14.4 Å². The van der Waals surface area contributed by atoms with E-state index in [0.29, 0.717) is 29.6 Å². The standard InChI is InChI=1S/C36H58O6/c1-24(2)10-9-11-25(3)28-14-15-29-35(28,5)21-18-30-34(4)20-17-27(22-26(34)16-19-36(29,30)6)42-33(40)23-41-32(39)13-8-7-12-31(37)38/h16,24-25,27-30H,7-15,17-23H2,1-6H3,(H,37,38)/t25-,27+,28?,29-,30-,34+,35-,36+/m1/s1. The second-order valence-corrected chi connectivity index (χ2v) is 15.6. The molecule has 0 aromatic carbocycles. The molecule has 238 valence electrons. The average Bonchev–Trinajstić information content (AvgIpc) is 3.28. The molecular formula is C36H58O6. The molecule has 0 heterocycles. The van der Waals surface area contributed by atoms with Crippen LogP contribution in [0.5, 0.6) is 0 Å². The first-order chi connectivity index (χ1) is 19.8. The van der Waals surface area contributed by atoms with Gasteiger partial charge >= 0.3 is 17.9 Å². The number of rotatable bonds is 13. The van der Waals surface area contributed by atoms with Crippen molar-refractivity contribution < 1.29 is 29.0 Å². The van der Waals surface area contributed by atoms with Gasteiger partial charge in [0.15, 0.2) is 6.61 Å². The summed E-state index contributed by atoms with van der Waals surface area (Å²) in [5.74, 6) is 2.07. The fraction of sp³-hybridized carbons (Fsp3) is 0.861. The molecule has 8 atom stereocenters. The number of carbonyl (C=O) groups excluding carboxylic acids is 2. The highest BCUT2D eigenvalue weighted by atomic mass is 16.6. The van der Waals surface area contributed by atoms with Gasteiger partial charge in [-0.05, 0) is 104 Å². The first kappa shape index (κ1) is 33.1. The Morgan fingerprint density at radius 2 is 1.62 bits per heavy atom. The molecule has 4 aliphatic carbocycles. The third-order valence-corrected chi connectivity index (χ3v) is 12.5. The average molecular weight is 587 g/mol. The normalized spacial score (nSPS) is 36.3. The van der Waals surface area contributed by atoms with Crippen molar-refractivity contribution in [2.75, 3.05) is 6.61 Å². The van der Waals surface area contributed by atoms with E-state index in [4.69, 9.17) is 14.6 Å². The number of aliphatic carboxylic acids is 1. The Hall–Kier alpha value is -1.85. The third kappa shape index (κ3) is 6.93. The Kier molecular flexibility index (Phi) is 10.6. The molecule has 3 saturated carbocycles. The highest BCUT2D eigenvalue weighted by Gasteiger charge is 2.64. The molecule has 0 aromatic rings. The van der Waals surface area contributed by atoms with Gasteiger partial charge in [-0.3, -0.25) is 9.59 Å². The molecule has 0 amide bonds. The first-order valence-electron chi connectivity index (χ1n) is 17.1. The van der Waals surface area contributed by atoms with Gasteiger partial charge in [0.25, 0.3) is 0 Å². The van der Waals surface area contributed by atoms with Crippen LogP contribution in [-0.2, 0) is 23.9 Å². The summed E-state index contributed by atoms with van der Waals surface area (Å²) in [5, 5.41) is 8.70. The minimum atomic E-state index is -0.875. The van der Waals surface area contributed by atoms with E-state index < -0.39 is 17.9 Å². The van der Waals surface area contributed by atoms with E-state index >= 15 is 0 Å². The predicted octanol–water partition coefficient (Wildman–Crippen LogP) is 8.52. The van der Waals surface area contributed by atoms with Crippen LogP contribution < -0.4 is 0 Å². The molecular weight excluding hydrogens is 528 g/mol. The molecule has 6 nitrogen and oxygen atoms in total. The Labute approximate surface area is 254 Å². The molecule has 6 heteroatoms. The second-order valence-electron chi connectivity index (χ2n) is 15.6. The van der Waals surface area contributed by atoms with Gasteiger partial charge in [-0.1, -0.05) is 72.5 Å². The molecule has 4 aliphatic rings. The molecule has 42 heavy (non-hydrogen) atoms. The largest absolute Gasteiger partial charge is 0.481 e. The SMILES string of the molecule is CC(C)CCC[C@@H](C)C1CC[C@H]2[C@]3(C)CC=C4C[C@@H](OC(=O)COC(=O)CCCCC(=O)O)CC[C@]4(C)[C@H]3CC[C@]12C. The zero-order chi connectivity index (χ0) is 30.7. The first-order valence-corrected chi connectivity index (χ1v) is 17.1. The second kappa shape index (κ2) is 13.4. The minimum absolute atomic E-state index is 0.0318. The maximum absolute atomic E-state index is 12.5. The van der Waals surface area contributed by atoms with Crippen LogP contribution in [0.25, 0.3) is 0 Å². The number of esters is 2. The van der Waals surface area contributed by atoms with E-state index in [-0.39, 0.29) is 31.0 Å². The fourth-order valence-electron chi connectivity index (χ4n) is 10.4. The number of hydrogen-bond donors (Lipinski definition) is 1. The zero-order valence-corrected chi connectivity index (χ0v) is 27.3. The predicted molar refractivity (Wildman–Crippen MR) is 165 cm³/mol. The lowest BCUT2D eigenvalue weighted by molar-refractivity contribution is -0.164. The van der Waals surface area contributed by atoms with Crippen LogP contribution in [0.4, 0.5) is 0 Å². The molecule has 0 bridgehead atoms. The summed E-state index contributed by atoms with van der Waals surface area (Å²) in [7, 11) is 0. The number of hydrogen-bond acceptors (Lipinski definition) is 5. The summed E-state index contributed by atoms with van der Waals surface area (Å²) >= 11 is 0.